The van der Waals surface area contributed by atoms with E-state index in [1.165, 1.54) is 5.56 Å². The van der Waals surface area contributed by atoms with Gasteiger partial charge in [0.15, 0.2) is 0 Å². The zero-order chi connectivity index (χ0) is 28.2. The molecule has 0 spiro atoms. The van der Waals surface area contributed by atoms with E-state index in [9.17, 15) is 18.0 Å². The minimum Gasteiger partial charge on any atom is -0.542 e. The van der Waals surface area contributed by atoms with E-state index in [1.54, 1.807) is 6.20 Å². The van der Waals surface area contributed by atoms with Crippen molar-refractivity contribution in [1.82, 2.24) is 9.97 Å². The molecule has 4 N–H and O–H groups in total. The normalized spacial score (nSPS) is 11.1. The van der Waals surface area contributed by atoms with Gasteiger partial charge >= 0.3 is 6.18 Å². The Morgan fingerprint density at radius 2 is 1.54 bits per heavy atom. The molecule has 2 heterocycles. The van der Waals surface area contributed by atoms with E-state index in [-0.39, 0.29) is 5.56 Å². The van der Waals surface area contributed by atoms with Gasteiger partial charge < -0.3 is 20.6 Å². The second-order valence-corrected chi connectivity index (χ2v) is 8.78. The Bertz CT molecular complexity index is 1680. The Kier molecular flexibility index (Phi) is 7.92. The Morgan fingerprint density at radius 3 is 2.13 bits per heavy atom. The summed E-state index contributed by atoms with van der Waals surface area (Å²) in [7, 11) is 0. The molecule has 0 saturated carbocycles. The smallest absolute Gasteiger partial charge is 0.430 e. The van der Waals surface area contributed by atoms with Crippen LogP contribution in [0.2, 0.25) is 0 Å². The molecule has 6 nitrogen and oxygen atoms in total. The lowest BCUT2D eigenvalue weighted by molar-refractivity contribution is -0.386. The predicted molar refractivity (Wildman–Crippen MR) is 141 cm³/mol. The summed E-state index contributed by atoms with van der Waals surface area (Å²) in [4.78, 5) is 29.6. The summed E-state index contributed by atoms with van der Waals surface area (Å²) in [5.74, 6) is -3.01. The standard InChI is InChI=1S/C28H23N3O.C2HF3O2/c1-18-6-5-9-22(14-18)25-17-30-28(32)24-15-23(20-7-3-2-4-8-20)26(31-27(24)25)21-12-10-19(16-29)11-13-21;3-2(4,5)1(6)7/h2-15,17H,16,29H2,1H3,(H,30,32);(H,6,7). The molecule has 198 valence electrons. The quantitative estimate of drug-likeness (QED) is 0.361. The average Bonchev–Trinajstić information content (AvgIpc) is 2.93. The van der Waals surface area contributed by atoms with Gasteiger partial charge in [0.1, 0.15) is 5.97 Å². The zero-order valence-electron chi connectivity index (χ0n) is 20.9. The number of rotatable bonds is 4. The fraction of sp³-hybridized carbons (Fsp3) is 0.100. The number of carboxylic acids is 1. The molecule has 0 aliphatic carbocycles. The highest BCUT2D eigenvalue weighted by Gasteiger charge is 2.28. The fourth-order valence-electron chi connectivity index (χ4n) is 4.10. The number of carboxylic acid groups (broad SMARTS) is 1. The number of fused-ring (bicyclic) bond motifs is 1. The number of aliphatic carboxylic acids is 1. The van der Waals surface area contributed by atoms with E-state index in [0.29, 0.717) is 10.9 Å². The third kappa shape index (κ3) is 6.22. The van der Waals surface area contributed by atoms with Crippen LogP contribution < -0.4 is 16.4 Å². The van der Waals surface area contributed by atoms with Gasteiger partial charge in [0, 0.05) is 28.5 Å². The van der Waals surface area contributed by atoms with E-state index in [0.717, 1.165) is 45.6 Å². The molecule has 0 aliphatic heterocycles. The number of halogens is 3. The number of hydrogen-bond acceptors (Lipinski definition) is 4. The molecule has 5 rings (SSSR count). The lowest BCUT2D eigenvalue weighted by Crippen LogP contribution is -2.47. The molecule has 0 atom stereocenters. The van der Waals surface area contributed by atoms with Gasteiger partial charge in [-0.2, -0.15) is 13.2 Å². The third-order valence-electron chi connectivity index (χ3n) is 6.03. The van der Waals surface area contributed by atoms with Crippen molar-refractivity contribution in [3.63, 3.8) is 0 Å². The summed E-state index contributed by atoms with van der Waals surface area (Å²) in [5.41, 5.74) is 12.7. The number of hydrogen-bond donors (Lipinski definition) is 2. The van der Waals surface area contributed by atoms with Gasteiger partial charge in [-0.3, -0.25) is 4.79 Å². The van der Waals surface area contributed by atoms with Crippen molar-refractivity contribution >= 4 is 16.9 Å². The molecular formula is C30H24F3N3O3. The van der Waals surface area contributed by atoms with Crippen LogP contribution in [0.4, 0.5) is 13.2 Å². The summed E-state index contributed by atoms with van der Waals surface area (Å²) in [6.45, 7) is 2.80. The number of aromatic nitrogens is 2. The Morgan fingerprint density at radius 1 is 0.897 bits per heavy atom. The summed E-state index contributed by atoms with van der Waals surface area (Å²) in [5, 5.41) is 9.37. The van der Waals surface area contributed by atoms with Crippen molar-refractivity contribution in [2.75, 3.05) is 0 Å². The SMILES string of the molecule is Cc1cccc(-c2c[nH]c(=O)c3cc(-c4ccccc4)c(-c4ccc(C[NH3+])cc4)nc23)c1.O=C([O-])C(F)(F)F. The average molecular weight is 532 g/mol. The number of aromatic amines is 1. The van der Waals surface area contributed by atoms with Crippen LogP contribution in [0.3, 0.4) is 0 Å². The van der Waals surface area contributed by atoms with Crippen LogP contribution in [-0.2, 0) is 11.3 Å². The Balaban J connectivity index is 0.000000448. The molecule has 2 aromatic heterocycles. The molecule has 3 aromatic carbocycles. The number of nitrogens with one attached hydrogen (secondary N) is 1. The van der Waals surface area contributed by atoms with Crippen molar-refractivity contribution in [3.05, 3.63) is 113 Å². The number of nitrogens with zero attached hydrogens (tertiary/aromatic N) is 1. The van der Waals surface area contributed by atoms with Crippen molar-refractivity contribution in [2.45, 2.75) is 19.6 Å². The first-order valence-corrected chi connectivity index (χ1v) is 11.9. The predicted octanol–water partition coefficient (Wildman–Crippen LogP) is 4.27. The zero-order valence-corrected chi connectivity index (χ0v) is 20.9. The Labute approximate surface area is 221 Å². The molecule has 0 amide bonds. The van der Waals surface area contributed by atoms with Crippen LogP contribution in [-0.4, -0.2) is 22.1 Å². The Hall–Kier alpha value is -4.76. The highest BCUT2D eigenvalue weighted by Crippen LogP contribution is 2.35. The molecule has 0 aliphatic rings. The highest BCUT2D eigenvalue weighted by molar-refractivity contribution is 5.98. The second kappa shape index (κ2) is 11.3. The van der Waals surface area contributed by atoms with Crippen molar-refractivity contribution in [3.8, 4) is 33.5 Å². The number of alkyl halides is 3. The number of quaternary nitrogens is 1. The van der Waals surface area contributed by atoms with Crippen LogP contribution in [0.15, 0.2) is 95.9 Å². The minimum absolute atomic E-state index is 0.139. The molecule has 0 bridgehead atoms. The lowest BCUT2D eigenvalue weighted by Gasteiger charge is -2.14. The first-order valence-electron chi connectivity index (χ1n) is 11.9. The van der Waals surface area contributed by atoms with E-state index < -0.39 is 12.1 Å². The van der Waals surface area contributed by atoms with Crippen LogP contribution in [0.1, 0.15) is 11.1 Å². The maximum absolute atomic E-state index is 12.8. The molecule has 9 heteroatoms. The van der Waals surface area contributed by atoms with Crippen LogP contribution in [0.25, 0.3) is 44.4 Å². The second-order valence-electron chi connectivity index (χ2n) is 8.78. The van der Waals surface area contributed by atoms with Gasteiger partial charge in [0.05, 0.1) is 23.1 Å². The van der Waals surface area contributed by atoms with Crippen molar-refractivity contribution < 1.29 is 28.8 Å². The molecule has 0 unspecified atom stereocenters. The maximum atomic E-state index is 12.8. The minimum atomic E-state index is -5.19. The first kappa shape index (κ1) is 27.3. The van der Waals surface area contributed by atoms with Gasteiger partial charge in [0.25, 0.3) is 5.56 Å². The summed E-state index contributed by atoms with van der Waals surface area (Å²) in [6.07, 6.45) is -3.43. The highest BCUT2D eigenvalue weighted by atomic mass is 19.4. The molecule has 0 radical (unpaired) electrons. The molecule has 0 fully saturated rings. The maximum Gasteiger partial charge on any atom is 0.430 e. The molecule has 5 aromatic rings. The third-order valence-corrected chi connectivity index (χ3v) is 6.03. The monoisotopic (exact) mass is 531 g/mol. The summed E-state index contributed by atoms with van der Waals surface area (Å²) >= 11 is 0. The van der Waals surface area contributed by atoms with Crippen LogP contribution >= 0.6 is 0 Å². The van der Waals surface area contributed by atoms with Gasteiger partial charge in [-0.1, -0.05) is 84.4 Å². The van der Waals surface area contributed by atoms with E-state index in [1.807, 2.05) is 30.3 Å². The summed E-state index contributed by atoms with van der Waals surface area (Å²) < 4.78 is 31.5. The first-order chi connectivity index (χ1) is 18.6. The molecular weight excluding hydrogens is 507 g/mol. The number of pyridine rings is 2. The van der Waals surface area contributed by atoms with Gasteiger partial charge in [-0.05, 0) is 24.1 Å². The largest absolute Gasteiger partial charge is 0.542 e. The number of aryl methyl sites for hydroxylation is 1. The molecule has 39 heavy (non-hydrogen) atoms. The lowest BCUT2D eigenvalue weighted by atomic mass is 9.95. The topological polar surface area (TPSA) is 114 Å². The van der Waals surface area contributed by atoms with Crippen molar-refractivity contribution in [2.24, 2.45) is 0 Å². The summed E-state index contributed by atoms with van der Waals surface area (Å²) in [6, 6.07) is 28.7. The van der Waals surface area contributed by atoms with Crippen LogP contribution in [0.5, 0.6) is 0 Å². The van der Waals surface area contributed by atoms with E-state index >= 15 is 0 Å². The van der Waals surface area contributed by atoms with E-state index in [2.05, 4.69) is 72.2 Å². The number of benzene rings is 3. The number of H-pyrrole nitrogens is 1. The number of carbonyl (C=O) groups is 1. The number of carbonyl (C=O) groups excluding carboxylic acids is 1. The van der Waals surface area contributed by atoms with Gasteiger partial charge in [-0.15, -0.1) is 0 Å². The fourth-order valence-corrected chi connectivity index (χ4v) is 4.10. The van der Waals surface area contributed by atoms with Crippen molar-refractivity contribution in [1.29, 1.82) is 0 Å². The van der Waals surface area contributed by atoms with E-state index in [4.69, 9.17) is 14.9 Å². The van der Waals surface area contributed by atoms with Gasteiger partial charge in [-0.25, -0.2) is 4.98 Å². The molecule has 0 saturated heterocycles. The van der Waals surface area contributed by atoms with Crippen LogP contribution in [0, 0.1) is 6.92 Å². The van der Waals surface area contributed by atoms with Gasteiger partial charge in [0.2, 0.25) is 0 Å².